The molecule has 0 N–H and O–H groups in total. The molecule has 1 aromatic rings. The van der Waals surface area contributed by atoms with Gasteiger partial charge in [-0.05, 0) is 25.0 Å². The Balaban J connectivity index is 2.06. The lowest BCUT2D eigenvalue weighted by Crippen LogP contribution is -2.40. The molecule has 0 atom stereocenters. The number of methoxy groups -OCH3 is 1. The van der Waals surface area contributed by atoms with Gasteiger partial charge in [0.25, 0.3) is 5.91 Å². The fraction of sp³-hybridized carbons (Fsp3) is 0.375. The molecule has 1 aliphatic rings. The van der Waals surface area contributed by atoms with Crippen LogP contribution in [-0.4, -0.2) is 37.0 Å². The normalized spacial score (nSPS) is 15.5. The van der Waals surface area contributed by atoms with Crippen molar-refractivity contribution in [3.05, 3.63) is 35.4 Å². The molecular formula is C16H17NO3. The van der Waals surface area contributed by atoms with Crippen LogP contribution in [0.2, 0.25) is 0 Å². The Bertz CT molecular complexity index is 551. The van der Waals surface area contributed by atoms with E-state index in [0.29, 0.717) is 37.1 Å². The van der Waals surface area contributed by atoms with Crippen LogP contribution in [0.5, 0.6) is 0 Å². The second-order valence-corrected chi connectivity index (χ2v) is 4.78. The first kappa shape index (κ1) is 14.1. The Kier molecular flexibility index (Phi) is 4.41. The number of nitrogens with zero attached hydrogens (tertiary/aromatic N) is 1. The van der Waals surface area contributed by atoms with Crippen LogP contribution < -0.4 is 0 Å². The minimum Gasteiger partial charge on any atom is -0.469 e. The van der Waals surface area contributed by atoms with Crippen LogP contribution in [-0.2, 0) is 9.53 Å². The molecule has 1 aromatic carbocycles. The van der Waals surface area contributed by atoms with E-state index in [4.69, 9.17) is 11.2 Å². The van der Waals surface area contributed by atoms with Crippen molar-refractivity contribution in [1.82, 2.24) is 4.90 Å². The fourth-order valence-corrected chi connectivity index (χ4v) is 2.45. The molecule has 1 fully saturated rings. The van der Waals surface area contributed by atoms with Crippen molar-refractivity contribution in [2.45, 2.75) is 12.8 Å². The number of piperidine rings is 1. The number of hydrogen-bond donors (Lipinski definition) is 0. The van der Waals surface area contributed by atoms with E-state index >= 15 is 0 Å². The Morgan fingerprint density at radius 1 is 1.30 bits per heavy atom. The highest BCUT2D eigenvalue weighted by atomic mass is 16.5. The average Bonchev–Trinajstić information content (AvgIpc) is 2.53. The molecule has 0 aliphatic carbocycles. The van der Waals surface area contributed by atoms with Gasteiger partial charge in [0, 0.05) is 18.7 Å². The Labute approximate surface area is 118 Å². The number of rotatable bonds is 2. The number of amides is 1. The number of carbonyl (C=O) groups excluding carboxylic acids is 2. The van der Waals surface area contributed by atoms with Crippen LogP contribution in [0.3, 0.4) is 0 Å². The van der Waals surface area contributed by atoms with Gasteiger partial charge in [-0.3, -0.25) is 9.59 Å². The van der Waals surface area contributed by atoms with Gasteiger partial charge in [-0.25, -0.2) is 0 Å². The molecule has 4 heteroatoms. The van der Waals surface area contributed by atoms with Crippen LogP contribution in [0.25, 0.3) is 0 Å². The smallest absolute Gasteiger partial charge is 0.308 e. The second kappa shape index (κ2) is 6.25. The Morgan fingerprint density at radius 3 is 2.55 bits per heavy atom. The molecular weight excluding hydrogens is 254 g/mol. The second-order valence-electron chi connectivity index (χ2n) is 4.78. The van der Waals surface area contributed by atoms with E-state index in [1.165, 1.54) is 7.11 Å². The molecule has 0 bridgehead atoms. The van der Waals surface area contributed by atoms with Crippen LogP contribution in [0.4, 0.5) is 0 Å². The van der Waals surface area contributed by atoms with E-state index in [2.05, 4.69) is 5.92 Å². The molecule has 1 heterocycles. The number of hydrogen-bond acceptors (Lipinski definition) is 3. The van der Waals surface area contributed by atoms with E-state index in [0.717, 1.165) is 0 Å². The quantitative estimate of drug-likeness (QED) is 0.607. The number of likely N-dealkylation sites (tertiary alicyclic amines) is 1. The minimum absolute atomic E-state index is 0.0677. The van der Waals surface area contributed by atoms with E-state index in [1.807, 2.05) is 6.07 Å². The molecule has 0 unspecified atom stereocenters. The molecule has 1 saturated heterocycles. The van der Waals surface area contributed by atoms with Gasteiger partial charge in [-0.1, -0.05) is 18.1 Å². The largest absolute Gasteiger partial charge is 0.469 e. The third-order valence-electron chi connectivity index (χ3n) is 3.63. The maximum atomic E-state index is 12.4. The number of ether oxygens (including phenoxy) is 1. The van der Waals surface area contributed by atoms with Gasteiger partial charge < -0.3 is 9.64 Å². The molecule has 4 nitrogen and oxygen atoms in total. The van der Waals surface area contributed by atoms with Gasteiger partial charge in [0.2, 0.25) is 0 Å². The first-order valence-corrected chi connectivity index (χ1v) is 6.60. The van der Waals surface area contributed by atoms with Gasteiger partial charge in [0.05, 0.1) is 18.6 Å². The third kappa shape index (κ3) is 2.83. The summed E-state index contributed by atoms with van der Waals surface area (Å²) in [6, 6.07) is 7.11. The number of carbonyl (C=O) groups is 2. The summed E-state index contributed by atoms with van der Waals surface area (Å²) in [5.41, 5.74) is 1.15. The topological polar surface area (TPSA) is 46.6 Å². The maximum Gasteiger partial charge on any atom is 0.308 e. The Morgan fingerprint density at radius 2 is 1.95 bits per heavy atom. The maximum absolute atomic E-state index is 12.4. The van der Waals surface area contributed by atoms with E-state index < -0.39 is 0 Å². The van der Waals surface area contributed by atoms with Crippen molar-refractivity contribution in [1.29, 1.82) is 0 Å². The number of terminal acetylenes is 1. The van der Waals surface area contributed by atoms with Crippen LogP contribution in [0.15, 0.2) is 24.3 Å². The first-order chi connectivity index (χ1) is 9.67. The molecule has 0 aromatic heterocycles. The molecule has 1 aliphatic heterocycles. The molecule has 0 spiro atoms. The highest BCUT2D eigenvalue weighted by Gasteiger charge is 2.28. The summed E-state index contributed by atoms with van der Waals surface area (Å²) >= 11 is 0. The van der Waals surface area contributed by atoms with Crippen LogP contribution in [0.1, 0.15) is 28.8 Å². The molecule has 20 heavy (non-hydrogen) atoms. The summed E-state index contributed by atoms with van der Waals surface area (Å²) in [7, 11) is 1.39. The highest BCUT2D eigenvalue weighted by Crippen LogP contribution is 2.21. The van der Waals surface area contributed by atoms with Gasteiger partial charge in [0.15, 0.2) is 0 Å². The zero-order valence-corrected chi connectivity index (χ0v) is 11.5. The van der Waals surface area contributed by atoms with Crippen molar-refractivity contribution < 1.29 is 14.3 Å². The van der Waals surface area contributed by atoms with Gasteiger partial charge >= 0.3 is 5.97 Å². The predicted molar refractivity (Wildman–Crippen MR) is 75.0 cm³/mol. The zero-order chi connectivity index (χ0) is 14.5. The van der Waals surface area contributed by atoms with Crippen molar-refractivity contribution in [3.8, 4) is 12.3 Å². The lowest BCUT2D eigenvalue weighted by atomic mass is 9.96. The van der Waals surface area contributed by atoms with Crippen molar-refractivity contribution in [2.75, 3.05) is 20.2 Å². The van der Waals surface area contributed by atoms with E-state index in [9.17, 15) is 9.59 Å². The highest BCUT2D eigenvalue weighted by molar-refractivity contribution is 5.96. The van der Waals surface area contributed by atoms with Gasteiger partial charge in [0.1, 0.15) is 0 Å². The van der Waals surface area contributed by atoms with Gasteiger partial charge in [-0.15, -0.1) is 6.42 Å². The summed E-state index contributed by atoms with van der Waals surface area (Å²) < 4.78 is 4.74. The van der Waals surface area contributed by atoms with Crippen molar-refractivity contribution in [2.24, 2.45) is 5.92 Å². The lowest BCUT2D eigenvalue weighted by Gasteiger charge is -2.31. The predicted octanol–water partition coefficient (Wildman–Crippen LogP) is 1.69. The van der Waals surface area contributed by atoms with Crippen LogP contribution >= 0.6 is 0 Å². The first-order valence-electron chi connectivity index (χ1n) is 6.60. The summed E-state index contributed by atoms with van der Waals surface area (Å²) in [5, 5.41) is 0. The zero-order valence-electron chi connectivity index (χ0n) is 11.5. The standard InChI is InChI=1S/C16H17NO3/c1-3-12-6-4-5-7-14(12)15(18)17-10-8-13(9-11-17)16(19)20-2/h1,4-7,13H,8-11H2,2H3. The van der Waals surface area contributed by atoms with Crippen LogP contribution in [0, 0.1) is 18.3 Å². The average molecular weight is 271 g/mol. The molecule has 0 radical (unpaired) electrons. The molecule has 104 valence electrons. The summed E-state index contributed by atoms with van der Waals surface area (Å²) in [6.07, 6.45) is 6.69. The summed E-state index contributed by atoms with van der Waals surface area (Å²) in [5.74, 6) is 2.16. The van der Waals surface area contributed by atoms with Gasteiger partial charge in [-0.2, -0.15) is 0 Å². The number of benzene rings is 1. The van der Waals surface area contributed by atoms with E-state index in [1.54, 1.807) is 23.1 Å². The third-order valence-corrected chi connectivity index (χ3v) is 3.63. The van der Waals surface area contributed by atoms with Crippen molar-refractivity contribution >= 4 is 11.9 Å². The van der Waals surface area contributed by atoms with Crippen molar-refractivity contribution in [3.63, 3.8) is 0 Å². The molecule has 1 amide bonds. The Hall–Kier alpha value is -2.28. The summed E-state index contributed by atoms with van der Waals surface area (Å²) in [6.45, 7) is 1.11. The van der Waals surface area contributed by atoms with E-state index in [-0.39, 0.29) is 17.8 Å². The monoisotopic (exact) mass is 271 g/mol. The SMILES string of the molecule is C#Cc1ccccc1C(=O)N1CCC(C(=O)OC)CC1. The number of esters is 1. The minimum atomic E-state index is -0.193. The molecule has 0 saturated carbocycles. The molecule has 2 rings (SSSR count). The fourth-order valence-electron chi connectivity index (χ4n) is 2.45. The summed E-state index contributed by atoms with van der Waals surface area (Å²) in [4.78, 5) is 25.6. The lowest BCUT2D eigenvalue weighted by molar-refractivity contribution is -0.146.